The normalized spacial score (nSPS) is 23.6. The number of hydrogen-bond acceptors (Lipinski definition) is 5. The first kappa shape index (κ1) is 13.1. The van der Waals surface area contributed by atoms with Crippen LogP contribution in [0.4, 0.5) is 6.01 Å². The zero-order valence-electron chi connectivity index (χ0n) is 11.9. The quantitative estimate of drug-likeness (QED) is 0.873. The third-order valence-electron chi connectivity index (χ3n) is 4.42. The molecule has 2 aromatic rings. The fraction of sp³-hybridized carbons (Fsp3) is 0.467. The number of benzene rings is 1. The van der Waals surface area contributed by atoms with Crippen molar-refractivity contribution in [1.29, 1.82) is 0 Å². The second kappa shape index (κ2) is 4.59. The van der Waals surface area contributed by atoms with Gasteiger partial charge in [-0.05, 0) is 17.4 Å². The highest BCUT2D eigenvalue weighted by atomic mass is 16.4. The largest absolute Gasteiger partial charge is 0.407 e. The summed E-state index contributed by atoms with van der Waals surface area (Å²) in [4.78, 5) is 0. The van der Waals surface area contributed by atoms with Crippen molar-refractivity contribution in [2.45, 2.75) is 32.2 Å². The lowest BCUT2D eigenvalue weighted by Gasteiger charge is -2.21. The minimum atomic E-state index is 0.131. The molecule has 0 saturated heterocycles. The molecule has 5 heteroatoms. The Bertz CT molecular complexity index is 593. The molecule has 1 fully saturated rings. The summed E-state index contributed by atoms with van der Waals surface area (Å²) in [6.07, 6.45) is 1.15. The lowest BCUT2D eigenvalue weighted by atomic mass is 9.88. The summed E-state index contributed by atoms with van der Waals surface area (Å²) < 4.78 is 5.40. The Balaban J connectivity index is 1.77. The van der Waals surface area contributed by atoms with Gasteiger partial charge in [-0.25, -0.2) is 0 Å². The molecule has 0 spiro atoms. The van der Waals surface area contributed by atoms with E-state index in [-0.39, 0.29) is 17.4 Å². The Labute approximate surface area is 118 Å². The van der Waals surface area contributed by atoms with Crippen molar-refractivity contribution in [3.05, 3.63) is 41.8 Å². The Morgan fingerprint density at radius 3 is 2.50 bits per heavy atom. The standard InChI is InChI=1S/C15H20N4O/c1-14(2)9-15(14,11-6-4-3-5-7-11)10-17-13-19-18-12(8-16)20-13/h3-7H,8-10,16H2,1-2H3,(H,17,19). The molecule has 0 bridgehead atoms. The van der Waals surface area contributed by atoms with Gasteiger partial charge in [-0.2, -0.15) is 0 Å². The molecule has 1 unspecified atom stereocenters. The van der Waals surface area contributed by atoms with Crippen LogP contribution in [-0.2, 0) is 12.0 Å². The number of hydrogen-bond donors (Lipinski definition) is 2. The van der Waals surface area contributed by atoms with Gasteiger partial charge in [0.1, 0.15) is 0 Å². The zero-order chi connectivity index (χ0) is 14.2. The van der Waals surface area contributed by atoms with Gasteiger partial charge in [-0.1, -0.05) is 49.3 Å². The summed E-state index contributed by atoms with van der Waals surface area (Å²) in [5.74, 6) is 0.455. The van der Waals surface area contributed by atoms with Crippen molar-refractivity contribution >= 4 is 6.01 Å². The first-order valence-corrected chi connectivity index (χ1v) is 6.89. The van der Waals surface area contributed by atoms with Crippen LogP contribution in [0.1, 0.15) is 31.7 Å². The van der Waals surface area contributed by atoms with Gasteiger partial charge in [0.05, 0.1) is 6.54 Å². The van der Waals surface area contributed by atoms with Gasteiger partial charge in [0.25, 0.3) is 0 Å². The second-order valence-corrected chi connectivity index (χ2v) is 6.07. The number of anilines is 1. The fourth-order valence-electron chi connectivity index (χ4n) is 3.00. The maximum atomic E-state index is 5.47. The van der Waals surface area contributed by atoms with Crippen molar-refractivity contribution in [2.75, 3.05) is 11.9 Å². The number of rotatable bonds is 5. The molecule has 1 heterocycles. The molecular weight excluding hydrogens is 252 g/mol. The van der Waals surface area contributed by atoms with E-state index >= 15 is 0 Å². The Kier molecular flexibility index (Phi) is 3.01. The van der Waals surface area contributed by atoms with E-state index in [2.05, 4.69) is 53.6 Å². The molecular formula is C15H20N4O. The van der Waals surface area contributed by atoms with Crippen molar-refractivity contribution in [3.63, 3.8) is 0 Å². The predicted molar refractivity (Wildman–Crippen MR) is 77.2 cm³/mol. The van der Waals surface area contributed by atoms with E-state index in [0.717, 1.165) is 13.0 Å². The lowest BCUT2D eigenvalue weighted by Crippen LogP contribution is -2.25. The smallest absolute Gasteiger partial charge is 0.315 e. The van der Waals surface area contributed by atoms with Crippen molar-refractivity contribution in [1.82, 2.24) is 10.2 Å². The van der Waals surface area contributed by atoms with E-state index in [0.29, 0.717) is 11.9 Å². The highest BCUT2D eigenvalue weighted by Gasteiger charge is 2.61. The molecule has 1 aromatic heterocycles. The fourth-order valence-corrected chi connectivity index (χ4v) is 3.00. The monoisotopic (exact) mass is 272 g/mol. The molecule has 1 aromatic carbocycles. The average molecular weight is 272 g/mol. The molecule has 0 amide bonds. The second-order valence-electron chi connectivity index (χ2n) is 6.07. The molecule has 106 valence electrons. The summed E-state index contributed by atoms with van der Waals surface area (Å²) in [5.41, 5.74) is 7.23. The number of nitrogens with two attached hydrogens (primary N) is 1. The van der Waals surface area contributed by atoms with E-state index in [4.69, 9.17) is 10.2 Å². The van der Waals surface area contributed by atoms with Crippen LogP contribution in [0.25, 0.3) is 0 Å². The molecule has 1 atom stereocenters. The molecule has 3 rings (SSSR count). The molecule has 0 aliphatic heterocycles. The van der Waals surface area contributed by atoms with E-state index < -0.39 is 0 Å². The van der Waals surface area contributed by atoms with Gasteiger partial charge in [0.15, 0.2) is 0 Å². The van der Waals surface area contributed by atoms with Gasteiger partial charge in [0.2, 0.25) is 5.89 Å². The van der Waals surface area contributed by atoms with E-state index in [1.165, 1.54) is 5.56 Å². The van der Waals surface area contributed by atoms with Crippen LogP contribution >= 0.6 is 0 Å². The molecule has 3 N–H and O–H groups in total. The highest BCUT2D eigenvalue weighted by molar-refractivity contribution is 5.40. The third-order valence-corrected chi connectivity index (χ3v) is 4.42. The summed E-state index contributed by atoms with van der Waals surface area (Å²) in [6, 6.07) is 11.1. The van der Waals surface area contributed by atoms with Crippen LogP contribution < -0.4 is 11.1 Å². The minimum Gasteiger partial charge on any atom is -0.407 e. The maximum absolute atomic E-state index is 5.47. The van der Waals surface area contributed by atoms with Crippen molar-refractivity contribution in [2.24, 2.45) is 11.1 Å². The Morgan fingerprint density at radius 1 is 1.25 bits per heavy atom. The van der Waals surface area contributed by atoms with Crippen molar-refractivity contribution in [3.8, 4) is 0 Å². The lowest BCUT2D eigenvalue weighted by molar-refractivity contribution is 0.485. The molecule has 1 saturated carbocycles. The van der Waals surface area contributed by atoms with Crippen LogP contribution in [0.5, 0.6) is 0 Å². The SMILES string of the molecule is CC1(C)CC1(CNc1nnc(CN)o1)c1ccccc1. The van der Waals surface area contributed by atoms with Crippen LogP contribution in [-0.4, -0.2) is 16.7 Å². The maximum Gasteiger partial charge on any atom is 0.315 e. The van der Waals surface area contributed by atoms with E-state index in [1.807, 2.05) is 6.07 Å². The van der Waals surface area contributed by atoms with Crippen LogP contribution in [0.3, 0.4) is 0 Å². The summed E-state index contributed by atoms with van der Waals surface area (Å²) in [6.45, 7) is 5.64. The Morgan fingerprint density at radius 2 is 1.95 bits per heavy atom. The molecule has 1 aliphatic carbocycles. The third kappa shape index (κ3) is 2.08. The van der Waals surface area contributed by atoms with Crippen LogP contribution in [0.2, 0.25) is 0 Å². The van der Waals surface area contributed by atoms with Crippen LogP contribution in [0.15, 0.2) is 34.7 Å². The van der Waals surface area contributed by atoms with Gasteiger partial charge < -0.3 is 15.5 Å². The summed E-state index contributed by atoms with van der Waals surface area (Å²) in [5, 5.41) is 11.1. The number of nitrogens with zero attached hydrogens (tertiary/aromatic N) is 2. The van der Waals surface area contributed by atoms with E-state index in [9.17, 15) is 0 Å². The first-order chi connectivity index (χ1) is 9.57. The van der Waals surface area contributed by atoms with Gasteiger partial charge in [0, 0.05) is 12.0 Å². The minimum absolute atomic E-state index is 0.131. The summed E-state index contributed by atoms with van der Waals surface area (Å²) in [7, 11) is 0. The van der Waals surface area contributed by atoms with E-state index in [1.54, 1.807) is 0 Å². The first-order valence-electron chi connectivity index (χ1n) is 6.89. The van der Waals surface area contributed by atoms with Gasteiger partial charge >= 0.3 is 6.01 Å². The Hall–Kier alpha value is -1.88. The molecule has 1 aliphatic rings. The number of aromatic nitrogens is 2. The zero-order valence-corrected chi connectivity index (χ0v) is 11.9. The highest BCUT2D eigenvalue weighted by Crippen LogP contribution is 2.64. The van der Waals surface area contributed by atoms with Crippen LogP contribution in [0, 0.1) is 5.41 Å². The molecule has 5 nitrogen and oxygen atoms in total. The summed E-state index contributed by atoms with van der Waals surface area (Å²) >= 11 is 0. The van der Waals surface area contributed by atoms with Gasteiger partial charge in [-0.15, -0.1) is 5.10 Å². The number of nitrogens with one attached hydrogen (secondary N) is 1. The van der Waals surface area contributed by atoms with Gasteiger partial charge in [-0.3, -0.25) is 0 Å². The predicted octanol–water partition coefficient (Wildman–Crippen LogP) is 2.31. The molecule has 0 radical (unpaired) electrons. The topological polar surface area (TPSA) is 77.0 Å². The molecule has 20 heavy (non-hydrogen) atoms. The average Bonchev–Trinajstić information content (AvgIpc) is 2.83. The van der Waals surface area contributed by atoms with Crippen molar-refractivity contribution < 1.29 is 4.42 Å².